The summed E-state index contributed by atoms with van der Waals surface area (Å²) in [4.78, 5) is 6.97. The third-order valence-electron chi connectivity index (χ3n) is 8.16. The zero-order chi connectivity index (χ0) is 29.7. The molecule has 41 heavy (non-hydrogen) atoms. The first-order valence-electron chi connectivity index (χ1n) is 14.5. The minimum Gasteiger partial charge on any atom is -0.383 e. The molecule has 3 saturated heterocycles. The van der Waals surface area contributed by atoms with E-state index in [1.54, 1.807) is 24.4 Å². The fourth-order valence-electron chi connectivity index (χ4n) is 5.77. The molecule has 4 aromatic rings. The maximum atomic E-state index is 9.87. The molecule has 3 aliphatic rings. The van der Waals surface area contributed by atoms with Gasteiger partial charge in [0, 0.05) is 48.5 Å². The maximum Gasteiger partial charge on any atom is 0.109 e. The molecule has 10 heteroatoms. The van der Waals surface area contributed by atoms with Crippen molar-refractivity contribution in [2.45, 2.75) is 51.6 Å². The van der Waals surface area contributed by atoms with Crippen molar-refractivity contribution in [1.29, 1.82) is 5.26 Å². The molecular weight excluding hydrogens is 555 g/mol. The van der Waals surface area contributed by atoms with Crippen LogP contribution >= 0.6 is 23.2 Å². The van der Waals surface area contributed by atoms with Crippen LogP contribution < -0.4 is 10.6 Å². The Bertz CT molecular complexity index is 1650. The van der Waals surface area contributed by atoms with Crippen molar-refractivity contribution >= 4 is 45.5 Å². The Hall–Kier alpha value is -3.38. The quantitative estimate of drug-likeness (QED) is 0.243. The van der Waals surface area contributed by atoms with E-state index in [0.717, 1.165) is 38.9 Å². The number of rotatable bonds is 7. The van der Waals surface area contributed by atoms with Crippen LogP contribution in [0.2, 0.25) is 10.0 Å². The molecule has 1 atom stereocenters. The summed E-state index contributed by atoms with van der Waals surface area (Å²) in [6, 6.07) is 11.6. The lowest BCUT2D eigenvalue weighted by atomic mass is 9.80. The molecule has 0 amide bonds. The predicted molar refractivity (Wildman–Crippen MR) is 165 cm³/mol. The molecule has 1 unspecified atom stereocenters. The van der Waals surface area contributed by atoms with Crippen LogP contribution in [0, 0.1) is 16.7 Å². The summed E-state index contributed by atoms with van der Waals surface area (Å²) in [5.74, 6) is 0. The first-order valence-corrected chi connectivity index (χ1v) is 14.7. The summed E-state index contributed by atoms with van der Waals surface area (Å²) >= 11 is 13.0. The fraction of sp³-hybridized carbons (Fsp3) is 0.419. The molecule has 212 valence electrons. The summed E-state index contributed by atoms with van der Waals surface area (Å²) in [6.07, 6.45) is 6.53. The van der Waals surface area contributed by atoms with Gasteiger partial charge < -0.3 is 15.5 Å². The van der Waals surface area contributed by atoms with Crippen LogP contribution in [0.1, 0.15) is 64.2 Å². The Labute approximate surface area is 252 Å². The highest BCUT2D eigenvalue weighted by Crippen LogP contribution is 2.39. The lowest BCUT2D eigenvalue weighted by molar-refractivity contribution is 0.0252. The molecule has 2 aromatic heterocycles. The smallest absolute Gasteiger partial charge is 0.109 e. The number of pyridine rings is 1. The molecule has 0 saturated carbocycles. The van der Waals surface area contributed by atoms with Gasteiger partial charge in [-0.3, -0.25) is 4.98 Å². The van der Waals surface area contributed by atoms with E-state index in [2.05, 4.69) is 57.7 Å². The average Bonchev–Trinajstić information content (AvgIpc) is 3.49. The first kappa shape index (κ1) is 26.5. The number of hydrogen-bond acceptors (Lipinski definition) is 7. The minimum absolute atomic E-state index is 0.0207. The van der Waals surface area contributed by atoms with Crippen molar-refractivity contribution in [2.75, 3.05) is 36.8 Å². The van der Waals surface area contributed by atoms with Gasteiger partial charge in [-0.05, 0) is 54.5 Å². The Morgan fingerprint density at radius 2 is 1.83 bits per heavy atom. The van der Waals surface area contributed by atoms with Gasteiger partial charge >= 0.3 is 0 Å². The third-order valence-corrected chi connectivity index (χ3v) is 8.70. The molecule has 3 aliphatic heterocycles. The lowest BCUT2D eigenvalue weighted by Gasteiger charge is -2.48. The summed E-state index contributed by atoms with van der Waals surface area (Å²) in [6.45, 7) is 10.2. The molecule has 2 N–H and O–H groups in total. The van der Waals surface area contributed by atoms with Crippen LogP contribution in [0.3, 0.4) is 0 Å². The van der Waals surface area contributed by atoms with Crippen LogP contribution in [-0.4, -0.2) is 51.1 Å². The highest BCUT2D eigenvalue weighted by molar-refractivity contribution is 6.36. The Balaban J connectivity index is 1.44. The summed E-state index contributed by atoms with van der Waals surface area (Å²) < 4.78 is 11.8. The number of nitrogens with zero attached hydrogens (tertiary/aromatic N) is 6. The van der Waals surface area contributed by atoms with Gasteiger partial charge in [0.25, 0.3) is 0 Å². The molecule has 2 aromatic carbocycles. The van der Waals surface area contributed by atoms with Crippen LogP contribution in [0.25, 0.3) is 10.9 Å². The molecule has 2 bridgehead atoms. The van der Waals surface area contributed by atoms with Gasteiger partial charge in [-0.1, -0.05) is 61.3 Å². The Kier molecular flexibility index (Phi) is 6.98. The van der Waals surface area contributed by atoms with Crippen molar-refractivity contribution in [3.8, 4) is 6.07 Å². The van der Waals surface area contributed by atoms with Gasteiger partial charge in [0.2, 0.25) is 0 Å². The second-order valence-corrected chi connectivity index (χ2v) is 13.1. The van der Waals surface area contributed by atoms with E-state index in [9.17, 15) is 6.63 Å². The van der Waals surface area contributed by atoms with Crippen molar-refractivity contribution in [3.63, 3.8) is 0 Å². The normalized spacial score (nSPS) is 22.1. The molecule has 0 spiro atoms. The number of piperidine rings is 3. The second kappa shape index (κ2) is 10.8. The second-order valence-electron chi connectivity index (χ2n) is 12.3. The van der Waals surface area contributed by atoms with Gasteiger partial charge in [0.05, 0.1) is 40.9 Å². The lowest BCUT2D eigenvalue weighted by Crippen LogP contribution is -2.53. The van der Waals surface area contributed by atoms with E-state index in [0.29, 0.717) is 55.7 Å². The number of nitriles is 1. The van der Waals surface area contributed by atoms with E-state index in [1.807, 2.05) is 29.1 Å². The highest BCUT2D eigenvalue weighted by atomic mass is 35.5. The number of benzene rings is 2. The van der Waals surface area contributed by atoms with Crippen LogP contribution in [0.15, 0.2) is 48.8 Å². The van der Waals surface area contributed by atoms with Crippen LogP contribution in [-0.2, 0) is 5.54 Å². The SMILES string of the molecule is [2H]C(Nc1cc(Cl)c2ncc(C#N)c(NCC(C)(C)C)c2c1)(c1ccc(Cl)cc1)c1cn(C23CCN(CC2)CC3)nn1. The summed E-state index contributed by atoms with van der Waals surface area (Å²) in [5.41, 5.74) is 3.29. The van der Waals surface area contributed by atoms with E-state index >= 15 is 0 Å². The fourth-order valence-corrected chi connectivity index (χ4v) is 6.16. The molecule has 8 nitrogen and oxygen atoms in total. The maximum absolute atomic E-state index is 9.87. The Morgan fingerprint density at radius 3 is 2.49 bits per heavy atom. The number of halogens is 2. The van der Waals surface area contributed by atoms with Gasteiger partial charge in [-0.25, -0.2) is 4.68 Å². The number of fused-ring (bicyclic) bond motifs is 4. The standard InChI is InChI=1S/C31H34Cl2N8/c1-30(2,3)19-36-27-21(16-34)17-35-29-24(27)14-23(15-25(29)33)37-28(20-4-6-22(32)7-5-20)26-18-41(39-38-26)31-8-11-40(12-9-31)13-10-31/h4-7,14-15,17-18,28,37H,8-13,19H2,1-3H3,(H,35,36)/i28D. The van der Waals surface area contributed by atoms with E-state index in [-0.39, 0.29) is 11.0 Å². The van der Waals surface area contributed by atoms with Crippen molar-refractivity contribution in [3.05, 3.63) is 75.7 Å². The van der Waals surface area contributed by atoms with Crippen molar-refractivity contribution in [1.82, 2.24) is 24.9 Å². The molecule has 7 rings (SSSR count). The number of nitrogens with one attached hydrogen (secondary N) is 2. The van der Waals surface area contributed by atoms with Gasteiger partial charge in [0.15, 0.2) is 0 Å². The van der Waals surface area contributed by atoms with Crippen molar-refractivity contribution < 1.29 is 1.37 Å². The molecular formula is C31H34Cl2N8. The number of anilines is 2. The van der Waals surface area contributed by atoms with E-state index in [4.69, 9.17) is 23.2 Å². The highest BCUT2D eigenvalue weighted by Gasteiger charge is 2.42. The largest absolute Gasteiger partial charge is 0.383 e. The van der Waals surface area contributed by atoms with Gasteiger partial charge in [-0.15, -0.1) is 5.10 Å². The van der Waals surface area contributed by atoms with E-state index < -0.39 is 6.02 Å². The topological polar surface area (TPSA) is 94.7 Å². The molecule has 0 radical (unpaired) electrons. The van der Waals surface area contributed by atoms with E-state index in [1.165, 1.54) is 0 Å². The zero-order valence-corrected chi connectivity index (χ0v) is 25.0. The third kappa shape index (κ3) is 5.59. The number of aromatic nitrogens is 4. The van der Waals surface area contributed by atoms with Crippen molar-refractivity contribution in [2.24, 2.45) is 5.41 Å². The summed E-state index contributed by atoms with van der Waals surface area (Å²) in [7, 11) is 0. The average molecular weight is 591 g/mol. The van der Waals surface area contributed by atoms with Gasteiger partial charge in [-0.2, -0.15) is 5.26 Å². The van der Waals surface area contributed by atoms with Gasteiger partial charge in [0.1, 0.15) is 11.8 Å². The minimum atomic E-state index is -1.51. The molecule has 5 heterocycles. The summed E-state index contributed by atoms with van der Waals surface area (Å²) in [5, 5.41) is 27.6. The van der Waals surface area contributed by atoms with Crippen LogP contribution in [0.5, 0.6) is 0 Å². The predicted octanol–water partition coefficient (Wildman–Crippen LogP) is 6.86. The van der Waals surface area contributed by atoms with Crippen LogP contribution in [0.4, 0.5) is 11.4 Å². The number of hydrogen-bond donors (Lipinski definition) is 2. The first-order chi connectivity index (χ1) is 20.0. The molecule has 3 fully saturated rings. The zero-order valence-electron chi connectivity index (χ0n) is 24.5. The Morgan fingerprint density at radius 1 is 1.12 bits per heavy atom. The molecule has 0 aliphatic carbocycles. The monoisotopic (exact) mass is 589 g/mol.